The Balaban J connectivity index is 1.46. The van der Waals surface area contributed by atoms with Crippen molar-refractivity contribution >= 4 is 5.91 Å². The first-order valence-electron chi connectivity index (χ1n) is 9.78. The SMILES string of the molecule is CN1[C@@H]2c3ccccc3C[C@@H]2OC12C(=O)NC1=CCC3(C[C@]12C)OCCO3. The van der Waals surface area contributed by atoms with Gasteiger partial charge in [0.05, 0.1) is 30.8 Å². The van der Waals surface area contributed by atoms with E-state index in [0.717, 1.165) is 12.1 Å². The molecule has 4 atom stereocenters. The molecule has 2 spiro atoms. The highest BCUT2D eigenvalue weighted by atomic mass is 16.7. The summed E-state index contributed by atoms with van der Waals surface area (Å²) in [5.41, 5.74) is 1.95. The van der Waals surface area contributed by atoms with E-state index in [4.69, 9.17) is 14.2 Å². The lowest BCUT2D eigenvalue weighted by Crippen LogP contribution is -2.60. The number of rotatable bonds is 0. The third kappa shape index (κ3) is 1.78. The Morgan fingerprint density at radius 3 is 2.81 bits per heavy atom. The third-order valence-corrected chi connectivity index (χ3v) is 7.33. The molecule has 0 aromatic heterocycles. The maximum atomic E-state index is 13.3. The number of fused-ring (bicyclic) bond motifs is 5. The van der Waals surface area contributed by atoms with Gasteiger partial charge in [0.15, 0.2) is 5.79 Å². The molecule has 6 heteroatoms. The monoisotopic (exact) mass is 368 g/mol. The molecule has 1 aromatic rings. The summed E-state index contributed by atoms with van der Waals surface area (Å²) >= 11 is 0. The van der Waals surface area contributed by atoms with E-state index in [0.29, 0.717) is 26.1 Å². The standard InChI is InChI=1S/C21H24N2O4/c1-19-12-20(25-9-10-26-20)8-7-16(19)22-18(24)21(19)23(2)17-14-6-4-3-5-13(14)11-15(17)27-21/h3-7,15,17H,8-12H2,1-2H3,(H,22,24)/t15-,17+,19+,21?/m0/s1. The number of carbonyl (C=O) groups excluding carboxylic acids is 1. The van der Waals surface area contributed by atoms with Crippen LogP contribution in [-0.2, 0) is 25.4 Å². The van der Waals surface area contributed by atoms with Gasteiger partial charge in [-0.15, -0.1) is 0 Å². The minimum atomic E-state index is -1.04. The molecule has 3 heterocycles. The van der Waals surface area contributed by atoms with E-state index >= 15 is 0 Å². The van der Waals surface area contributed by atoms with Crippen LogP contribution in [0.25, 0.3) is 0 Å². The zero-order chi connectivity index (χ0) is 18.4. The van der Waals surface area contributed by atoms with Gasteiger partial charge < -0.3 is 19.5 Å². The first kappa shape index (κ1) is 16.2. The van der Waals surface area contributed by atoms with Gasteiger partial charge in [-0.25, -0.2) is 0 Å². The highest BCUT2D eigenvalue weighted by Gasteiger charge is 2.73. The van der Waals surface area contributed by atoms with Crippen LogP contribution in [0.5, 0.6) is 0 Å². The number of hydrogen-bond donors (Lipinski definition) is 1. The Morgan fingerprint density at radius 1 is 1.22 bits per heavy atom. The zero-order valence-electron chi connectivity index (χ0n) is 15.7. The van der Waals surface area contributed by atoms with Gasteiger partial charge >= 0.3 is 0 Å². The van der Waals surface area contributed by atoms with Crippen molar-refractivity contribution in [2.45, 2.75) is 49.8 Å². The Hall–Kier alpha value is -1.73. The van der Waals surface area contributed by atoms with Crippen LogP contribution in [0.15, 0.2) is 36.0 Å². The van der Waals surface area contributed by atoms with Crippen molar-refractivity contribution in [1.29, 1.82) is 0 Å². The molecule has 6 nitrogen and oxygen atoms in total. The molecule has 1 unspecified atom stereocenters. The maximum Gasteiger partial charge on any atom is 0.272 e. The van der Waals surface area contributed by atoms with Gasteiger partial charge in [0, 0.05) is 25.0 Å². The molecule has 3 fully saturated rings. The molecule has 1 amide bonds. The first-order chi connectivity index (χ1) is 13.0. The Kier molecular flexibility index (Phi) is 3.01. The van der Waals surface area contributed by atoms with Crippen LogP contribution in [0.1, 0.15) is 36.9 Å². The number of hydrogen-bond acceptors (Lipinski definition) is 5. The smallest absolute Gasteiger partial charge is 0.272 e. The molecule has 0 bridgehead atoms. The summed E-state index contributed by atoms with van der Waals surface area (Å²) in [4.78, 5) is 15.5. The Bertz CT molecular complexity index is 877. The number of likely N-dealkylation sites (N-methyl/N-ethyl adjacent to an activating group) is 1. The van der Waals surface area contributed by atoms with Gasteiger partial charge in [-0.2, -0.15) is 0 Å². The lowest BCUT2D eigenvalue weighted by atomic mass is 9.69. The molecule has 2 aliphatic carbocycles. The fourth-order valence-corrected chi connectivity index (χ4v) is 6.19. The fraction of sp³-hybridized carbons (Fsp3) is 0.571. The van der Waals surface area contributed by atoms with Crippen molar-refractivity contribution in [3.8, 4) is 0 Å². The second kappa shape index (κ2) is 5.00. The minimum absolute atomic E-state index is 0.0161. The number of amides is 1. The van der Waals surface area contributed by atoms with E-state index in [1.165, 1.54) is 11.1 Å². The van der Waals surface area contributed by atoms with Gasteiger partial charge in [0.1, 0.15) is 0 Å². The summed E-state index contributed by atoms with van der Waals surface area (Å²) in [7, 11) is 2.03. The molecule has 6 rings (SSSR count). The van der Waals surface area contributed by atoms with E-state index < -0.39 is 16.9 Å². The summed E-state index contributed by atoms with van der Waals surface area (Å²) in [6.45, 7) is 3.32. The molecular weight excluding hydrogens is 344 g/mol. The van der Waals surface area contributed by atoms with Crippen molar-refractivity contribution in [3.05, 3.63) is 47.2 Å². The summed E-state index contributed by atoms with van der Waals surface area (Å²) in [6.07, 6.45) is 4.16. The van der Waals surface area contributed by atoms with E-state index in [9.17, 15) is 4.79 Å². The van der Waals surface area contributed by atoms with Gasteiger partial charge in [-0.05, 0) is 25.1 Å². The third-order valence-electron chi connectivity index (χ3n) is 7.33. The summed E-state index contributed by atoms with van der Waals surface area (Å²) < 4.78 is 18.7. The molecular formula is C21H24N2O4. The van der Waals surface area contributed by atoms with Gasteiger partial charge in [-0.1, -0.05) is 30.3 Å². The number of nitrogens with one attached hydrogen (secondary N) is 1. The molecule has 3 saturated heterocycles. The Labute approximate surface area is 158 Å². The van der Waals surface area contributed by atoms with E-state index in [-0.39, 0.29) is 18.1 Å². The van der Waals surface area contributed by atoms with Crippen molar-refractivity contribution in [3.63, 3.8) is 0 Å². The summed E-state index contributed by atoms with van der Waals surface area (Å²) in [5.74, 6) is -0.710. The van der Waals surface area contributed by atoms with Crippen LogP contribution in [0.2, 0.25) is 0 Å². The number of benzene rings is 1. The predicted molar refractivity (Wildman–Crippen MR) is 96.5 cm³/mol. The molecule has 5 aliphatic rings. The van der Waals surface area contributed by atoms with E-state index in [2.05, 4.69) is 47.5 Å². The first-order valence-corrected chi connectivity index (χ1v) is 9.78. The highest BCUT2D eigenvalue weighted by molar-refractivity contribution is 5.92. The molecule has 0 saturated carbocycles. The number of ether oxygens (including phenoxy) is 3. The maximum absolute atomic E-state index is 13.3. The predicted octanol–water partition coefficient (Wildman–Crippen LogP) is 1.87. The number of nitrogens with zero attached hydrogens (tertiary/aromatic N) is 1. The minimum Gasteiger partial charge on any atom is -0.347 e. The van der Waals surface area contributed by atoms with Crippen LogP contribution in [0, 0.1) is 5.41 Å². The van der Waals surface area contributed by atoms with Crippen LogP contribution >= 0.6 is 0 Å². The average molecular weight is 368 g/mol. The Morgan fingerprint density at radius 2 is 2.00 bits per heavy atom. The normalized spacial score (nSPS) is 41.6. The van der Waals surface area contributed by atoms with Crippen LogP contribution in [0.4, 0.5) is 0 Å². The van der Waals surface area contributed by atoms with Crippen LogP contribution in [-0.4, -0.2) is 48.7 Å². The molecule has 27 heavy (non-hydrogen) atoms. The summed E-state index contributed by atoms with van der Waals surface area (Å²) in [5, 5.41) is 3.12. The number of carbonyl (C=O) groups is 1. The van der Waals surface area contributed by atoms with Crippen LogP contribution < -0.4 is 5.32 Å². The van der Waals surface area contributed by atoms with Gasteiger partial charge in [-0.3, -0.25) is 9.69 Å². The van der Waals surface area contributed by atoms with Crippen molar-refractivity contribution in [2.75, 3.05) is 20.3 Å². The average Bonchev–Trinajstić information content (AvgIpc) is 3.35. The second-order valence-corrected chi connectivity index (χ2v) is 8.65. The molecule has 3 aliphatic heterocycles. The van der Waals surface area contributed by atoms with E-state index in [1.54, 1.807) is 0 Å². The van der Waals surface area contributed by atoms with Gasteiger partial charge in [0.2, 0.25) is 5.72 Å². The lowest BCUT2D eigenvalue weighted by molar-refractivity contribution is -0.219. The molecule has 1 N–H and O–H groups in total. The van der Waals surface area contributed by atoms with Gasteiger partial charge in [0.25, 0.3) is 5.91 Å². The lowest BCUT2D eigenvalue weighted by Gasteiger charge is -2.48. The zero-order valence-corrected chi connectivity index (χ0v) is 15.7. The van der Waals surface area contributed by atoms with Crippen molar-refractivity contribution < 1.29 is 19.0 Å². The molecule has 1 aromatic carbocycles. The fourth-order valence-electron chi connectivity index (χ4n) is 6.19. The van der Waals surface area contributed by atoms with E-state index in [1.807, 2.05) is 7.05 Å². The van der Waals surface area contributed by atoms with Crippen molar-refractivity contribution in [2.24, 2.45) is 5.41 Å². The largest absolute Gasteiger partial charge is 0.347 e. The quantitative estimate of drug-likeness (QED) is 0.758. The van der Waals surface area contributed by atoms with Crippen molar-refractivity contribution in [1.82, 2.24) is 10.2 Å². The highest BCUT2D eigenvalue weighted by Crippen LogP contribution is 2.62. The molecule has 0 radical (unpaired) electrons. The van der Waals surface area contributed by atoms with Crippen LogP contribution in [0.3, 0.4) is 0 Å². The topological polar surface area (TPSA) is 60.0 Å². The second-order valence-electron chi connectivity index (χ2n) is 8.65. The summed E-state index contributed by atoms with van der Waals surface area (Å²) in [6, 6.07) is 8.55. The molecule has 142 valence electrons.